The molecular weight excluding hydrogens is 266 g/mol. The van der Waals surface area contributed by atoms with Crippen LogP contribution in [0.5, 0.6) is 0 Å². The number of nitrogens with zero attached hydrogens (tertiary/aromatic N) is 2. The van der Waals surface area contributed by atoms with E-state index in [1.54, 1.807) is 6.07 Å². The lowest BCUT2D eigenvalue weighted by molar-refractivity contribution is 0.0690. The van der Waals surface area contributed by atoms with Crippen LogP contribution < -0.4 is 5.32 Å². The lowest BCUT2D eigenvalue weighted by Gasteiger charge is -2.33. The maximum atomic E-state index is 10.8. The lowest BCUT2D eigenvalue weighted by Crippen LogP contribution is -2.38. The standard InChI is InChI=1S/C16H25N3O2/c1-13-6-2-3-10-19(13)11-5-9-17-12-14-7-4-8-15(18-14)16(20)21/h4,7-8,13,17H,2-3,5-6,9-12H2,1H3,(H,20,21). The Kier molecular flexibility index (Phi) is 6.14. The molecule has 0 amide bonds. The zero-order chi connectivity index (χ0) is 15.1. The van der Waals surface area contributed by atoms with Gasteiger partial charge in [0.05, 0.1) is 5.69 Å². The molecule has 1 atom stereocenters. The fourth-order valence-corrected chi connectivity index (χ4v) is 2.81. The monoisotopic (exact) mass is 291 g/mol. The second-order valence-corrected chi connectivity index (χ2v) is 5.73. The first-order chi connectivity index (χ1) is 10.2. The molecule has 1 aliphatic rings. The minimum atomic E-state index is -0.976. The highest BCUT2D eigenvalue weighted by Gasteiger charge is 2.16. The van der Waals surface area contributed by atoms with E-state index in [0.717, 1.165) is 25.2 Å². The van der Waals surface area contributed by atoms with Gasteiger partial charge >= 0.3 is 5.97 Å². The van der Waals surface area contributed by atoms with Gasteiger partial charge in [-0.2, -0.15) is 0 Å². The van der Waals surface area contributed by atoms with Gasteiger partial charge in [0.2, 0.25) is 0 Å². The molecular formula is C16H25N3O2. The van der Waals surface area contributed by atoms with E-state index in [1.807, 2.05) is 6.07 Å². The topological polar surface area (TPSA) is 65.5 Å². The van der Waals surface area contributed by atoms with Crippen LogP contribution >= 0.6 is 0 Å². The van der Waals surface area contributed by atoms with Crippen molar-refractivity contribution in [3.8, 4) is 0 Å². The smallest absolute Gasteiger partial charge is 0.354 e. The van der Waals surface area contributed by atoms with E-state index >= 15 is 0 Å². The number of rotatable bonds is 7. The van der Waals surface area contributed by atoms with Crippen molar-refractivity contribution in [1.82, 2.24) is 15.2 Å². The Morgan fingerprint density at radius 1 is 1.48 bits per heavy atom. The summed E-state index contributed by atoms with van der Waals surface area (Å²) in [7, 11) is 0. The third kappa shape index (κ3) is 5.10. The summed E-state index contributed by atoms with van der Waals surface area (Å²) in [4.78, 5) is 17.5. The van der Waals surface area contributed by atoms with Crippen LogP contribution in [-0.4, -0.2) is 46.6 Å². The summed E-state index contributed by atoms with van der Waals surface area (Å²) < 4.78 is 0. The molecule has 1 aromatic rings. The van der Waals surface area contributed by atoms with Gasteiger partial charge in [0.15, 0.2) is 0 Å². The van der Waals surface area contributed by atoms with E-state index < -0.39 is 5.97 Å². The molecule has 5 heteroatoms. The van der Waals surface area contributed by atoms with Gasteiger partial charge in [0, 0.05) is 12.6 Å². The van der Waals surface area contributed by atoms with Gasteiger partial charge < -0.3 is 15.3 Å². The third-order valence-electron chi connectivity index (χ3n) is 4.07. The molecule has 0 radical (unpaired) electrons. The molecule has 1 aliphatic heterocycles. The minimum Gasteiger partial charge on any atom is -0.477 e. The molecule has 0 bridgehead atoms. The number of hydrogen-bond acceptors (Lipinski definition) is 4. The highest BCUT2D eigenvalue weighted by atomic mass is 16.4. The predicted octanol–water partition coefficient (Wildman–Crippen LogP) is 2.13. The number of likely N-dealkylation sites (tertiary alicyclic amines) is 1. The molecule has 0 aromatic carbocycles. The number of aromatic carboxylic acids is 1. The molecule has 1 unspecified atom stereocenters. The molecule has 116 valence electrons. The van der Waals surface area contributed by atoms with E-state index in [2.05, 4.69) is 22.1 Å². The molecule has 0 aliphatic carbocycles. The predicted molar refractivity (Wildman–Crippen MR) is 82.4 cm³/mol. The van der Waals surface area contributed by atoms with Crippen molar-refractivity contribution in [2.45, 2.75) is 45.2 Å². The molecule has 1 saturated heterocycles. The Morgan fingerprint density at radius 3 is 3.10 bits per heavy atom. The molecule has 0 spiro atoms. The largest absolute Gasteiger partial charge is 0.477 e. The summed E-state index contributed by atoms with van der Waals surface area (Å²) in [5.41, 5.74) is 0.887. The van der Waals surface area contributed by atoms with Crippen molar-refractivity contribution >= 4 is 5.97 Å². The molecule has 5 nitrogen and oxygen atoms in total. The van der Waals surface area contributed by atoms with Crippen LogP contribution in [0, 0.1) is 0 Å². The fraction of sp³-hybridized carbons (Fsp3) is 0.625. The lowest BCUT2D eigenvalue weighted by atomic mass is 10.0. The molecule has 2 heterocycles. The van der Waals surface area contributed by atoms with Gasteiger partial charge in [-0.1, -0.05) is 12.5 Å². The number of carboxylic acids is 1. The average molecular weight is 291 g/mol. The van der Waals surface area contributed by atoms with E-state index in [0.29, 0.717) is 12.6 Å². The number of piperidine rings is 1. The molecule has 1 aromatic heterocycles. The van der Waals surface area contributed by atoms with Gasteiger partial charge in [-0.15, -0.1) is 0 Å². The van der Waals surface area contributed by atoms with Gasteiger partial charge in [-0.05, 0) is 58.0 Å². The third-order valence-corrected chi connectivity index (χ3v) is 4.07. The Morgan fingerprint density at radius 2 is 2.33 bits per heavy atom. The van der Waals surface area contributed by atoms with Gasteiger partial charge in [0.25, 0.3) is 0 Å². The highest BCUT2D eigenvalue weighted by molar-refractivity contribution is 5.85. The average Bonchev–Trinajstić information content (AvgIpc) is 2.49. The van der Waals surface area contributed by atoms with E-state index in [4.69, 9.17) is 5.11 Å². The molecule has 0 saturated carbocycles. The highest BCUT2D eigenvalue weighted by Crippen LogP contribution is 2.16. The van der Waals surface area contributed by atoms with Crippen molar-refractivity contribution in [2.24, 2.45) is 0 Å². The Hall–Kier alpha value is -1.46. The summed E-state index contributed by atoms with van der Waals surface area (Å²) in [6, 6.07) is 5.83. The fourth-order valence-electron chi connectivity index (χ4n) is 2.81. The van der Waals surface area contributed by atoms with Gasteiger partial charge in [-0.3, -0.25) is 0 Å². The van der Waals surface area contributed by atoms with Crippen LogP contribution in [0.4, 0.5) is 0 Å². The first kappa shape index (κ1) is 15.9. The van der Waals surface area contributed by atoms with Crippen LogP contribution in [-0.2, 0) is 6.54 Å². The second kappa shape index (κ2) is 8.10. The number of aromatic nitrogens is 1. The number of pyridine rings is 1. The SMILES string of the molecule is CC1CCCCN1CCCNCc1cccc(C(=O)O)n1. The minimum absolute atomic E-state index is 0.108. The molecule has 1 fully saturated rings. The number of carboxylic acid groups (broad SMARTS) is 1. The number of hydrogen-bond donors (Lipinski definition) is 2. The van der Waals surface area contributed by atoms with Crippen molar-refractivity contribution in [2.75, 3.05) is 19.6 Å². The number of carbonyl (C=O) groups is 1. The van der Waals surface area contributed by atoms with E-state index in [9.17, 15) is 4.79 Å². The summed E-state index contributed by atoms with van der Waals surface area (Å²) in [5, 5.41) is 12.2. The summed E-state index contributed by atoms with van der Waals surface area (Å²) in [5.74, 6) is -0.976. The molecule has 2 rings (SSSR count). The first-order valence-corrected chi connectivity index (χ1v) is 7.81. The van der Waals surface area contributed by atoms with Crippen molar-refractivity contribution < 1.29 is 9.90 Å². The zero-order valence-electron chi connectivity index (χ0n) is 12.7. The summed E-state index contributed by atoms with van der Waals surface area (Å²) in [6.45, 7) is 6.23. The van der Waals surface area contributed by atoms with Crippen molar-refractivity contribution in [3.05, 3.63) is 29.6 Å². The maximum absolute atomic E-state index is 10.8. The van der Waals surface area contributed by atoms with Crippen LogP contribution in [0.2, 0.25) is 0 Å². The Labute approximate surface area is 126 Å². The normalized spacial score (nSPS) is 19.6. The molecule has 21 heavy (non-hydrogen) atoms. The van der Waals surface area contributed by atoms with Crippen LogP contribution in [0.25, 0.3) is 0 Å². The van der Waals surface area contributed by atoms with Crippen molar-refractivity contribution in [3.63, 3.8) is 0 Å². The van der Waals surface area contributed by atoms with Crippen LogP contribution in [0.15, 0.2) is 18.2 Å². The maximum Gasteiger partial charge on any atom is 0.354 e. The number of nitrogens with one attached hydrogen (secondary N) is 1. The van der Waals surface area contributed by atoms with Crippen LogP contribution in [0.1, 0.15) is 48.8 Å². The summed E-state index contributed by atoms with van der Waals surface area (Å²) in [6.07, 6.45) is 5.12. The quantitative estimate of drug-likeness (QED) is 0.753. The Balaban J connectivity index is 1.65. The molecule has 2 N–H and O–H groups in total. The summed E-state index contributed by atoms with van der Waals surface area (Å²) >= 11 is 0. The van der Waals surface area contributed by atoms with Gasteiger partial charge in [-0.25, -0.2) is 9.78 Å². The first-order valence-electron chi connectivity index (χ1n) is 7.81. The van der Waals surface area contributed by atoms with E-state index in [1.165, 1.54) is 31.9 Å². The zero-order valence-corrected chi connectivity index (χ0v) is 12.7. The van der Waals surface area contributed by atoms with Crippen molar-refractivity contribution in [1.29, 1.82) is 0 Å². The van der Waals surface area contributed by atoms with Crippen LogP contribution in [0.3, 0.4) is 0 Å². The Bertz CT molecular complexity index is 465. The van der Waals surface area contributed by atoms with E-state index in [-0.39, 0.29) is 5.69 Å². The second-order valence-electron chi connectivity index (χ2n) is 5.73. The van der Waals surface area contributed by atoms with Gasteiger partial charge in [0.1, 0.15) is 5.69 Å².